The smallest absolute Gasteiger partial charge is 0.225 e. The Bertz CT molecular complexity index is 513. The second kappa shape index (κ2) is 4.58. The van der Waals surface area contributed by atoms with Crippen LogP contribution in [0.4, 0.5) is 0 Å². The third kappa shape index (κ3) is 2.25. The van der Waals surface area contributed by atoms with Gasteiger partial charge in [-0.2, -0.15) is 0 Å². The van der Waals surface area contributed by atoms with E-state index in [0.717, 1.165) is 35.9 Å². The molecule has 1 aliphatic rings. The van der Waals surface area contributed by atoms with Gasteiger partial charge in [0.1, 0.15) is 17.3 Å². The molecule has 5 heteroatoms. The number of nitrogens with zero attached hydrogens (tertiary/aromatic N) is 2. The van der Waals surface area contributed by atoms with E-state index in [4.69, 9.17) is 10.5 Å². The number of fused-ring (bicyclic) bond motifs is 1. The summed E-state index contributed by atoms with van der Waals surface area (Å²) in [5.74, 6) is 0.704. The molecular formula is C12H15N3OS. The van der Waals surface area contributed by atoms with Crippen LogP contribution in [0, 0.1) is 0 Å². The van der Waals surface area contributed by atoms with E-state index in [1.165, 1.54) is 0 Å². The summed E-state index contributed by atoms with van der Waals surface area (Å²) in [6.07, 6.45) is 6.02. The molecule has 1 saturated carbocycles. The number of aromatic nitrogens is 2. The Balaban J connectivity index is 1.82. The highest BCUT2D eigenvalue weighted by Gasteiger charge is 2.21. The molecule has 90 valence electrons. The third-order valence-electron chi connectivity index (χ3n) is 3.17. The van der Waals surface area contributed by atoms with Crippen molar-refractivity contribution in [2.75, 3.05) is 0 Å². The highest BCUT2D eigenvalue weighted by molar-refractivity contribution is 7.16. The Hall–Kier alpha value is -1.20. The molecule has 0 radical (unpaired) electrons. The predicted molar refractivity (Wildman–Crippen MR) is 68.3 cm³/mol. The lowest BCUT2D eigenvalue weighted by atomic mass is 9.93. The Kier molecular flexibility index (Phi) is 2.94. The quantitative estimate of drug-likeness (QED) is 0.887. The summed E-state index contributed by atoms with van der Waals surface area (Å²) in [4.78, 5) is 9.42. The van der Waals surface area contributed by atoms with Crippen LogP contribution >= 0.6 is 11.3 Å². The Labute approximate surface area is 104 Å². The topological polar surface area (TPSA) is 61.0 Å². The Morgan fingerprint density at radius 3 is 3.18 bits per heavy atom. The van der Waals surface area contributed by atoms with Crippen LogP contribution in [-0.2, 0) is 0 Å². The zero-order chi connectivity index (χ0) is 11.7. The van der Waals surface area contributed by atoms with Crippen molar-refractivity contribution in [1.82, 2.24) is 9.97 Å². The second-order valence-corrected chi connectivity index (χ2v) is 5.38. The summed E-state index contributed by atoms with van der Waals surface area (Å²) in [6, 6.07) is 2.28. The molecule has 2 unspecified atom stereocenters. The molecule has 2 aromatic rings. The van der Waals surface area contributed by atoms with Crippen molar-refractivity contribution >= 4 is 21.6 Å². The molecule has 17 heavy (non-hydrogen) atoms. The molecule has 2 aromatic heterocycles. The molecule has 2 atom stereocenters. The van der Waals surface area contributed by atoms with Gasteiger partial charge in [0.15, 0.2) is 0 Å². The van der Waals surface area contributed by atoms with Crippen molar-refractivity contribution in [1.29, 1.82) is 0 Å². The fraction of sp³-hybridized carbons (Fsp3) is 0.500. The molecule has 0 amide bonds. The lowest BCUT2D eigenvalue weighted by molar-refractivity contribution is 0.140. The van der Waals surface area contributed by atoms with E-state index in [-0.39, 0.29) is 12.1 Å². The standard InChI is InChI=1S/C12H15N3OS/c13-8-2-1-3-9(6-8)16-11-10-4-5-17-12(10)15-7-14-11/h4-5,7-9H,1-3,6,13H2. The molecule has 4 nitrogen and oxygen atoms in total. The SMILES string of the molecule is NC1CCCC(Oc2ncnc3sccc23)C1. The van der Waals surface area contributed by atoms with Crippen molar-refractivity contribution in [3.63, 3.8) is 0 Å². The van der Waals surface area contributed by atoms with Gasteiger partial charge < -0.3 is 10.5 Å². The zero-order valence-corrected chi connectivity index (χ0v) is 10.3. The lowest BCUT2D eigenvalue weighted by Crippen LogP contribution is -2.33. The summed E-state index contributed by atoms with van der Waals surface area (Å²) < 4.78 is 5.97. The minimum Gasteiger partial charge on any atom is -0.474 e. The van der Waals surface area contributed by atoms with Crippen LogP contribution < -0.4 is 10.5 Å². The fourth-order valence-corrected chi connectivity index (χ4v) is 3.03. The van der Waals surface area contributed by atoms with Gasteiger partial charge in [0, 0.05) is 6.04 Å². The maximum Gasteiger partial charge on any atom is 0.225 e. The van der Waals surface area contributed by atoms with Crippen LogP contribution in [0.1, 0.15) is 25.7 Å². The summed E-state index contributed by atoms with van der Waals surface area (Å²) in [7, 11) is 0. The summed E-state index contributed by atoms with van der Waals surface area (Å²) in [5.41, 5.74) is 5.96. The van der Waals surface area contributed by atoms with Crippen LogP contribution in [0.15, 0.2) is 17.8 Å². The lowest BCUT2D eigenvalue weighted by Gasteiger charge is -2.26. The van der Waals surface area contributed by atoms with Crippen LogP contribution in [0.25, 0.3) is 10.2 Å². The summed E-state index contributed by atoms with van der Waals surface area (Å²) in [6.45, 7) is 0. The molecule has 1 fully saturated rings. The Morgan fingerprint density at radius 1 is 1.35 bits per heavy atom. The van der Waals surface area contributed by atoms with E-state index >= 15 is 0 Å². The first kappa shape index (κ1) is 10.9. The molecule has 3 rings (SSSR count). The van der Waals surface area contributed by atoms with E-state index in [1.807, 2.05) is 11.4 Å². The van der Waals surface area contributed by atoms with Crippen molar-refractivity contribution in [3.05, 3.63) is 17.8 Å². The second-order valence-electron chi connectivity index (χ2n) is 4.48. The monoisotopic (exact) mass is 249 g/mol. The predicted octanol–water partition coefficient (Wildman–Crippen LogP) is 2.34. The van der Waals surface area contributed by atoms with Gasteiger partial charge in [-0.1, -0.05) is 0 Å². The number of thiophene rings is 1. The minimum atomic E-state index is 0.205. The number of hydrogen-bond acceptors (Lipinski definition) is 5. The molecule has 0 aliphatic heterocycles. The third-order valence-corrected chi connectivity index (χ3v) is 3.99. The average Bonchev–Trinajstić information content (AvgIpc) is 2.78. The zero-order valence-electron chi connectivity index (χ0n) is 9.50. The minimum absolute atomic E-state index is 0.205. The first-order chi connectivity index (χ1) is 8.33. The largest absolute Gasteiger partial charge is 0.474 e. The van der Waals surface area contributed by atoms with E-state index in [2.05, 4.69) is 9.97 Å². The van der Waals surface area contributed by atoms with Gasteiger partial charge in [0.05, 0.1) is 5.39 Å². The molecule has 0 spiro atoms. The fourth-order valence-electron chi connectivity index (χ4n) is 2.31. The van der Waals surface area contributed by atoms with Crippen molar-refractivity contribution in [2.24, 2.45) is 5.73 Å². The van der Waals surface area contributed by atoms with Crippen LogP contribution in [-0.4, -0.2) is 22.1 Å². The van der Waals surface area contributed by atoms with Crippen LogP contribution in [0.5, 0.6) is 5.88 Å². The highest BCUT2D eigenvalue weighted by atomic mass is 32.1. The van der Waals surface area contributed by atoms with Gasteiger partial charge in [-0.15, -0.1) is 11.3 Å². The molecule has 2 N–H and O–H groups in total. The molecule has 0 saturated heterocycles. The van der Waals surface area contributed by atoms with E-state index in [9.17, 15) is 0 Å². The normalized spacial score (nSPS) is 25.0. The van der Waals surface area contributed by atoms with Crippen molar-refractivity contribution in [2.45, 2.75) is 37.8 Å². The Morgan fingerprint density at radius 2 is 2.29 bits per heavy atom. The number of rotatable bonds is 2. The molecule has 0 aromatic carbocycles. The van der Waals surface area contributed by atoms with E-state index in [1.54, 1.807) is 17.7 Å². The van der Waals surface area contributed by atoms with Crippen molar-refractivity contribution in [3.8, 4) is 5.88 Å². The van der Waals surface area contributed by atoms with Gasteiger partial charge in [0.2, 0.25) is 5.88 Å². The highest BCUT2D eigenvalue weighted by Crippen LogP contribution is 2.28. The maximum absolute atomic E-state index is 5.97. The molecule has 2 heterocycles. The van der Waals surface area contributed by atoms with Gasteiger partial charge in [0.25, 0.3) is 0 Å². The maximum atomic E-state index is 5.97. The van der Waals surface area contributed by atoms with Gasteiger partial charge >= 0.3 is 0 Å². The first-order valence-corrected chi connectivity index (χ1v) is 6.81. The summed E-state index contributed by atoms with van der Waals surface area (Å²) >= 11 is 1.61. The number of ether oxygens (including phenoxy) is 1. The van der Waals surface area contributed by atoms with Gasteiger partial charge in [-0.3, -0.25) is 0 Å². The van der Waals surface area contributed by atoms with Crippen molar-refractivity contribution < 1.29 is 4.74 Å². The molecule has 1 aliphatic carbocycles. The number of nitrogens with two attached hydrogens (primary N) is 1. The molecular weight excluding hydrogens is 234 g/mol. The van der Waals surface area contributed by atoms with Gasteiger partial charge in [-0.25, -0.2) is 9.97 Å². The summed E-state index contributed by atoms with van der Waals surface area (Å²) in [5, 5.41) is 3.02. The first-order valence-electron chi connectivity index (χ1n) is 5.93. The van der Waals surface area contributed by atoms with Crippen LogP contribution in [0.3, 0.4) is 0 Å². The van der Waals surface area contributed by atoms with Gasteiger partial charge in [-0.05, 0) is 37.1 Å². The number of hydrogen-bond donors (Lipinski definition) is 1. The van der Waals surface area contributed by atoms with E-state index in [0.29, 0.717) is 5.88 Å². The average molecular weight is 249 g/mol. The van der Waals surface area contributed by atoms with E-state index < -0.39 is 0 Å². The molecule has 0 bridgehead atoms. The van der Waals surface area contributed by atoms with Crippen LogP contribution in [0.2, 0.25) is 0 Å².